The highest BCUT2D eigenvalue weighted by Gasteiger charge is 2.20. The number of carbonyl (C=O) groups is 2. The Labute approximate surface area is 232 Å². The SMILES string of the molecule is CC(C)Nc1ncc(-c2cc(N)cc(C(=O)NC3CCCC3)c2)n(CC(=O)NCc2ccc(C(=N)N)cc2)c1=O. The molecule has 1 aliphatic rings. The van der Waals surface area contributed by atoms with Crippen molar-refractivity contribution in [2.45, 2.75) is 64.7 Å². The quantitative estimate of drug-likeness (QED) is 0.129. The molecule has 1 aromatic heterocycles. The zero-order valence-electron chi connectivity index (χ0n) is 22.8. The van der Waals surface area contributed by atoms with E-state index in [1.165, 1.54) is 10.8 Å². The predicted molar refractivity (Wildman–Crippen MR) is 156 cm³/mol. The van der Waals surface area contributed by atoms with Crippen LogP contribution in [0.1, 0.15) is 61.0 Å². The van der Waals surface area contributed by atoms with E-state index in [4.69, 9.17) is 16.9 Å². The Morgan fingerprint density at radius 2 is 1.80 bits per heavy atom. The van der Waals surface area contributed by atoms with Crippen molar-refractivity contribution in [2.75, 3.05) is 11.1 Å². The molecule has 0 unspecified atom stereocenters. The molecule has 2 amide bonds. The van der Waals surface area contributed by atoms with Crippen LogP contribution in [0.3, 0.4) is 0 Å². The Morgan fingerprint density at radius 3 is 2.45 bits per heavy atom. The van der Waals surface area contributed by atoms with Gasteiger partial charge in [0.05, 0.1) is 11.9 Å². The molecule has 1 saturated carbocycles. The number of rotatable bonds is 10. The Morgan fingerprint density at radius 1 is 1.10 bits per heavy atom. The second kappa shape index (κ2) is 12.5. The summed E-state index contributed by atoms with van der Waals surface area (Å²) in [6.45, 7) is 3.73. The van der Waals surface area contributed by atoms with Gasteiger partial charge in [0.1, 0.15) is 12.4 Å². The monoisotopic (exact) mass is 544 g/mol. The van der Waals surface area contributed by atoms with Crippen molar-refractivity contribution >= 4 is 29.2 Å². The van der Waals surface area contributed by atoms with Crippen molar-refractivity contribution in [1.82, 2.24) is 20.2 Å². The van der Waals surface area contributed by atoms with Crippen molar-refractivity contribution in [1.29, 1.82) is 5.41 Å². The van der Waals surface area contributed by atoms with Gasteiger partial charge in [0.15, 0.2) is 5.82 Å². The van der Waals surface area contributed by atoms with E-state index in [1.807, 2.05) is 13.8 Å². The van der Waals surface area contributed by atoms with Gasteiger partial charge in [-0.2, -0.15) is 0 Å². The maximum Gasteiger partial charge on any atom is 0.294 e. The highest BCUT2D eigenvalue weighted by atomic mass is 16.2. The number of nitrogens with one attached hydrogen (secondary N) is 4. The smallest absolute Gasteiger partial charge is 0.294 e. The molecule has 0 atom stereocenters. The summed E-state index contributed by atoms with van der Waals surface area (Å²) in [4.78, 5) is 43.8. The lowest BCUT2D eigenvalue weighted by molar-refractivity contribution is -0.121. The average molecular weight is 545 g/mol. The van der Waals surface area contributed by atoms with Crippen LogP contribution in [-0.2, 0) is 17.9 Å². The number of aromatic nitrogens is 2. The van der Waals surface area contributed by atoms with E-state index >= 15 is 0 Å². The topological polar surface area (TPSA) is 181 Å². The maximum atomic E-state index is 13.5. The van der Waals surface area contributed by atoms with E-state index in [9.17, 15) is 14.4 Å². The second-order valence-electron chi connectivity index (χ2n) is 10.4. The van der Waals surface area contributed by atoms with Crippen molar-refractivity contribution in [3.63, 3.8) is 0 Å². The number of hydrogen-bond donors (Lipinski definition) is 6. The van der Waals surface area contributed by atoms with Crippen LogP contribution in [0, 0.1) is 5.41 Å². The highest BCUT2D eigenvalue weighted by Crippen LogP contribution is 2.24. The van der Waals surface area contributed by atoms with Gasteiger partial charge in [-0.1, -0.05) is 37.1 Å². The molecule has 1 fully saturated rings. The Hall–Kier alpha value is -4.67. The number of carbonyl (C=O) groups excluding carboxylic acids is 2. The average Bonchev–Trinajstić information content (AvgIpc) is 3.42. The minimum Gasteiger partial charge on any atom is -0.399 e. The predicted octanol–water partition coefficient (Wildman–Crippen LogP) is 2.59. The summed E-state index contributed by atoms with van der Waals surface area (Å²) in [5.74, 6) is -0.529. The third-order valence-corrected chi connectivity index (χ3v) is 6.74. The number of hydrogen-bond acceptors (Lipinski definition) is 7. The first-order valence-corrected chi connectivity index (χ1v) is 13.4. The summed E-state index contributed by atoms with van der Waals surface area (Å²) in [5.41, 5.74) is 14.2. The molecule has 3 aromatic rings. The molecule has 1 heterocycles. The molecule has 4 rings (SSSR count). The maximum absolute atomic E-state index is 13.5. The van der Waals surface area contributed by atoms with E-state index in [-0.39, 0.29) is 48.6 Å². The number of amides is 2. The number of nitrogens with two attached hydrogens (primary N) is 2. The van der Waals surface area contributed by atoms with E-state index in [1.54, 1.807) is 42.5 Å². The first-order valence-electron chi connectivity index (χ1n) is 13.4. The minimum absolute atomic E-state index is 0.0355. The van der Waals surface area contributed by atoms with Gasteiger partial charge >= 0.3 is 0 Å². The molecule has 8 N–H and O–H groups in total. The summed E-state index contributed by atoms with van der Waals surface area (Å²) < 4.78 is 1.33. The van der Waals surface area contributed by atoms with E-state index in [0.29, 0.717) is 28.1 Å². The van der Waals surface area contributed by atoms with Crippen LogP contribution < -0.4 is 33.0 Å². The van der Waals surface area contributed by atoms with Gasteiger partial charge in [0.25, 0.3) is 11.5 Å². The molecular formula is C29H36N8O3. The lowest BCUT2D eigenvalue weighted by Gasteiger charge is -2.17. The standard InChI is InChI=1S/C29H36N8O3/c1-17(2)35-27-29(40)37(16-25(38)33-14-18-7-9-19(10-8-18)26(31)32)24(15-34-27)20-11-21(13-22(30)12-20)28(39)36-23-5-3-4-6-23/h7-13,15,17,23H,3-6,14,16,30H2,1-2H3,(H3,31,32)(H,33,38)(H,34,35)(H,36,39). The van der Waals surface area contributed by atoms with Gasteiger partial charge in [-0.3, -0.25) is 24.4 Å². The molecular weight excluding hydrogens is 508 g/mol. The van der Waals surface area contributed by atoms with Crippen LogP contribution >= 0.6 is 0 Å². The normalized spacial score (nSPS) is 13.3. The zero-order valence-corrected chi connectivity index (χ0v) is 22.8. The molecule has 0 saturated heterocycles. The first kappa shape index (κ1) is 28.3. The summed E-state index contributed by atoms with van der Waals surface area (Å²) >= 11 is 0. The van der Waals surface area contributed by atoms with Crippen molar-refractivity contribution < 1.29 is 9.59 Å². The minimum atomic E-state index is -0.466. The van der Waals surface area contributed by atoms with Gasteiger partial charge in [-0.05, 0) is 50.5 Å². The van der Waals surface area contributed by atoms with Crippen LogP contribution in [-0.4, -0.2) is 39.3 Å². The van der Waals surface area contributed by atoms with Crippen LogP contribution in [0.15, 0.2) is 53.5 Å². The zero-order chi connectivity index (χ0) is 28.8. The largest absolute Gasteiger partial charge is 0.399 e. The Kier molecular flexibility index (Phi) is 8.83. The van der Waals surface area contributed by atoms with Gasteiger partial charge in [-0.25, -0.2) is 4.98 Å². The molecule has 11 nitrogen and oxygen atoms in total. The number of benzene rings is 2. The van der Waals surface area contributed by atoms with Crippen molar-refractivity contribution in [3.05, 3.63) is 75.7 Å². The summed E-state index contributed by atoms with van der Waals surface area (Å²) in [6, 6.07) is 12.0. The molecule has 210 valence electrons. The van der Waals surface area contributed by atoms with E-state index in [0.717, 1.165) is 31.2 Å². The van der Waals surface area contributed by atoms with Gasteiger partial charge in [0.2, 0.25) is 5.91 Å². The molecule has 11 heteroatoms. The first-order chi connectivity index (χ1) is 19.1. The fourth-order valence-electron chi connectivity index (χ4n) is 4.72. The second-order valence-corrected chi connectivity index (χ2v) is 10.4. The summed E-state index contributed by atoms with van der Waals surface area (Å²) in [5, 5.41) is 16.4. The van der Waals surface area contributed by atoms with Gasteiger partial charge in [-0.15, -0.1) is 0 Å². The molecule has 0 bridgehead atoms. The third kappa shape index (κ3) is 7.04. The molecule has 1 aliphatic carbocycles. The molecule has 0 radical (unpaired) electrons. The number of nitrogens with zero attached hydrogens (tertiary/aromatic N) is 2. The lowest BCUT2D eigenvalue weighted by Crippen LogP contribution is -2.35. The summed E-state index contributed by atoms with van der Waals surface area (Å²) in [6.07, 6.45) is 5.59. The van der Waals surface area contributed by atoms with Crippen molar-refractivity contribution in [3.8, 4) is 11.3 Å². The van der Waals surface area contributed by atoms with Crippen molar-refractivity contribution in [2.24, 2.45) is 5.73 Å². The number of amidine groups is 1. The molecule has 2 aromatic carbocycles. The summed E-state index contributed by atoms with van der Waals surface area (Å²) in [7, 11) is 0. The molecule has 40 heavy (non-hydrogen) atoms. The fraction of sp³-hybridized carbons (Fsp3) is 0.345. The fourth-order valence-corrected chi connectivity index (χ4v) is 4.72. The van der Waals surface area contributed by atoms with Gasteiger partial charge < -0.3 is 27.4 Å². The van der Waals surface area contributed by atoms with Crippen LogP contribution in [0.4, 0.5) is 11.5 Å². The number of anilines is 2. The third-order valence-electron chi connectivity index (χ3n) is 6.74. The van der Waals surface area contributed by atoms with Crippen LogP contribution in [0.2, 0.25) is 0 Å². The molecule has 0 aliphatic heterocycles. The van der Waals surface area contributed by atoms with E-state index < -0.39 is 5.56 Å². The highest BCUT2D eigenvalue weighted by molar-refractivity contribution is 5.97. The van der Waals surface area contributed by atoms with Gasteiger partial charge in [0, 0.05) is 41.0 Å². The van der Waals surface area contributed by atoms with Crippen LogP contribution in [0.5, 0.6) is 0 Å². The van der Waals surface area contributed by atoms with Crippen LogP contribution in [0.25, 0.3) is 11.3 Å². The Bertz CT molecular complexity index is 1460. The van der Waals surface area contributed by atoms with E-state index in [2.05, 4.69) is 20.9 Å². The lowest BCUT2D eigenvalue weighted by atomic mass is 10.1. The number of nitrogen functional groups attached to an aromatic ring is 2. The Balaban J connectivity index is 1.61. The molecule has 0 spiro atoms.